The van der Waals surface area contributed by atoms with Crippen LogP contribution in [0.25, 0.3) is 11.0 Å². The maximum Gasteiger partial charge on any atom is 0.126 e. The molecule has 0 fully saturated rings. The van der Waals surface area contributed by atoms with Crippen molar-refractivity contribution in [3.8, 4) is 0 Å². The Bertz CT molecular complexity index is 540. The lowest BCUT2D eigenvalue weighted by Gasteiger charge is -2.13. The summed E-state index contributed by atoms with van der Waals surface area (Å²) in [7, 11) is 2.08. The minimum absolute atomic E-state index is 0.271. The molecule has 2 aromatic rings. The third-order valence-corrected chi connectivity index (χ3v) is 3.21. The molecule has 18 heavy (non-hydrogen) atoms. The molecule has 2 rings (SSSR count). The summed E-state index contributed by atoms with van der Waals surface area (Å²) in [5.74, 6) is 1.09. The van der Waals surface area contributed by atoms with E-state index in [1.807, 2.05) is 6.07 Å². The lowest BCUT2D eigenvalue weighted by atomic mass is 10.3. The van der Waals surface area contributed by atoms with Gasteiger partial charge in [0.15, 0.2) is 0 Å². The van der Waals surface area contributed by atoms with Gasteiger partial charge in [0.25, 0.3) is 0 Å². The molecular formula is C15H21N3. The van der Waals surface area contributed by atoms with Crippen LogP contribution in [0.5, 0.6) is 0 Å². The second kappa shape index (κ2) is 5.83. The second-order valence-electron chi connectivity index (χ2n) is 4.55. The number of nitrogens with zero attached hydrogens (tertiary/aromatic N) is 2. The molecule has 1 aromatic heterocycles. The quantitative estimate of drug-likeness (QED) is 0.645. The molecule has 0 bridgehead atoms. The fourth-order valence-electron chi connectivity index (χ4n) is 2.19. The number of hydrogen-bond donors (Lipinski definition) is 1. The number of nitrogens with one attached hydrogen (secondary N) is 1. The number of hydrogen-bond acceptors (Lipinski definition) is 2. The van der Waals surface area contributed by atoms with Crippen molar-refractivity contribution in [2.45, 2.75) is 26.3 Å². The van der Waals surface area contributed by atoms with Crippen molar-refractivity contribution in [1.82, 2.24) is 14.9 Å². The Morgan fingerprint density at radius 3 is 2.89 bits per heavy atom. The molecule has 1 N–H and O–H groups in total. The maximum absolute atomic E-state index is 4.69. The molecule has 0 saturated carbocycles. The Morgan fingerprint density at radius 1 is 1.39 bits per heavy atom. The highest BCUT2D eigenvalue weighted by molar-refractivity contribution is 5.75. The SMILES string of the molecule is C/C=C/CCNC(C)c1nc2ccccc2n1C. The molecule has 0 radical (unpaired) electrons. The summed E-state index contributed by atoms with van der Waals surface area (Å²) in [4.78, 5) is 4.69. The smallest absolute Gasteiger partial charge is 0.126 e. The number of allylic oxidation sites excluding steroid dienone is 1. The normalized spacial score (nSPS) is 13.5. The van der Waals surface area contributed by atoms with Gasteiger partial charge in [-0.1, -0.05) is 24.3 Å². The minimum Gasteiger partial charge on any atom is -0.330 e. The first-order valence-electron chi connectivity index (χ1n) is 6.50. The van der Waals surface area contributed by atoms with Crippen LogP contribution in [0.2, 0.25) is 0 Å². The number of aromatic nitrogens is 2. The van der Waals surface area contributed by atoms with Crippen molar-refractivity contribution in [1.29, 1.82) is 0 Å². The van der Waals surface area contributed by atoms with E-state index in [1.54, 1.807) is 0 Å². The molecule has 3 heteroatoms. The zero-order chi connectivity index (χ0) is 13.0. The molecular weight excluding hydrogens is 222 g/mol. The predicted molar refractivity (Wildman–Crippen MR) is 76.6 cm³/mol. The number of para-hydroxylation sites is 2. The number of imidazole rings is 1. The molecule has 1 aromatic carbocycles. The van der Waals surface area contributed by atoms with E-state index in [1.165, 1.54) is 5.52 Å². The average Bonchev–Trinajstić information content (AvgIpc) is 2.73. The van der Waals surface area contributed by atoms with Crippen LogP contribution >= 0.6 is 0 Å². The Kier molecular flexibility index (Phi) is 4.15. The van der Waals surface area contributed by atoms with Crippen LogP contribution in [0.15, 0.2) is 36.4 Å². The van der Waals surface area contributed by atoms with E-state index in [4.69, 9.17) is 4.98 Å². The van der Waals surface area contributed by atoms with Crippen LogP contribution in [0.1, 0.15) is 32.1 Å². The molecule has 1 atom stereocenters. The van der Waals surface area contributed by atoms with Crippen molar-refractivity contribution in [3.05, 3.63) is 42.2 Å². The molecule has 0 aliphatic carbocycles. The highest BCUT2D eigenvalue weighted by Gasteiger charge is 2.12. The lowest BCUT2D eigenvalue weighted by molar-refractivity contribution is 0.539. The van der Waals surface area contributed by atoms with Crippen molar-refractivity contribution in [2.24, 2.45) is 7.05 Å². The molecule has 0 amide bonds. The van der Waals surface area contributed by atoms with E-state index in [-0.39, 0.29) is 6.04 Å². The number of benzene rings is 1. The molecule has 0 saturated heterocycles. The summed E-state index contributed by atoms with van der Waals surface area (Å²) in [5.41, 5.74) is 2.26. The van der Waals surface area contributed by atoms with Crippen molar-refractivity contribution >= 4 is 11.0 Å². The first-order chi connectivity index (χ1) is 8.74. The van der Waals surface area contributed by atoms with Gasteiger partial charge in [0.05, 0.1) is 17.1 Å². The van der Waals surface area contributed by atoms with E-state index in [9.17, 15) is 0 Å². The van der Waals surface area contributed by atoms with Gasteiger partial charge in [-0.15, -0.1) is 0 Å². The van der Waals surface area contributed by atoms with E-state index in [2.05, 4.69) is 61.1 Å². The molecule has 96 valence electrons. The second-order valence-corrected chi connectivity index (χ2v) is 4.55. The van der Waals surface area contributed by atoms with Crippen LogP contribution in [-0.4, -0.2) is 16.1 Å². The average molecular weight is 243 g/mol. The van der Waals surface area contributed by atoms with Gasteiger partial charge in [-0.3, -0.25) is 0 Å². The first kappa shape index (κ1) is 12.8. The van der Waals surface area contributed by atoms with Gasteiger partial charge in [0, 0.05) is 7.05 Å². The first-order valence-corrected chi connectivity index (χ1v) is 6.50. The predicted octanol–water partition coefficient (Wildman–Crippen LogP) is 3.19. The number of rotatable bonds is 5. The molecule has 0 spiro atoms. The fraction of sp³-hybridized carbons (Fsp3) is 0.400. The molecule has 1 heterocycles. The van der Waals surface area contributed by atoms with Crippen LogP contribution < -0.4 is 5.32 Å². The van der Waals surface area contributed by atoms with Crippen molar-refractivity contribution < 1.29 is 0 Å². The van der Waals surface area contributed by atoms with Crippen LogP contribution in [0.4, 0.5) is 0 Å². The standard InChI is InChI=1S/C15H21N3/c1-4-5-8-11-16-12(2)15-17-13-9-6-7-10-14(13)18(15)3/h4-7,9-10,12,16H,8,11H2,1-3H3/b5-4+. The molecule has 0 aliphatic heterocycles. The summed E-state index contributed by atoms with van der Waals surface area (Å²) in [6.45, 7) is 5.19. The van der Waals surface area contributed by atoms with Gasteiger partial charge in [-0.25, -0.2) is 4.98 Å². The number of fused-ring (bicyclic) bond motifs is 1. The summed E-state index contributed by atoms with van der Waals surface area (Å²) < 4.78 is 2.17. The van der Waals surface area contributed by atoms with Gasteiger partial charge >= 0.3 is 0 Å². The van der Waals surface area contributed by atoms with Gasteiger partial charge in [-0.05, 0) is 38.9 Å². The van der Waals surface area contributed by atoms with E-state index in [0.717, 1.165) is 24.3 Å². The van der Waals surface area contributed by atoms with E-state index >= 15 is 0 Å². The zero-order valence-electron chi connectivity index (χ0n) is 11.4. The van der Waals surface area contributed by atoms with E-state index < -0.39 is 0 Å². The summed E-state index contributed by atoms with van der Waals surface area (Å²) in [6, 6.07) is 8.53. The maximum atomic E-state index is 4.69. The Hall–Kier alpha value is -1.61. The molecule has 0 aliphatic rings. The highest BCUT2D eigenvalue weighted by Crippen LogP contribution is 2.18. The van der Waals surface area contributed by atoms with Crippen molar-refractivity contribution in [2.75, 3.05) is 6.54 Å². The summed E-state index contributed by atoms with van der Waals surface area (Å²) in [5, 5.41) is 3.50. The Balaban J connectivity index is 2.12. The summed E-state index contributed by atoms with van der Waals surface area (Å²) in [6.07, 6.45) is 5.32. The van der Waals surface area contributed by atoms with Gasteiger partial charge in [-0.2, -0.15) is 0 Å². The van der Waals surface area contributed by atoms with Gasteiger partial charge < -0.3 is 9.88 Å². The van der Waals surface area contributed by atoms with Crippen LogP contribution in [-0.2, 0) is 7.05 Å². The molecule has 1 unspecified atom stereocenters. The van der Waals surface area contributed by atoms with Gasteiger partial charge in [0.1, 0.15) is 5.82 Å². The van der Waals surface area contributed by atoms with Crippen LogP contribution in [0.3, 0.4) is 0 Å². The third-order valence-electron chi connectivity index (χ3n) is 3.21. The van der Waals surface area contributed by atoms with Crippen LogP contribution in [0, 0.1) is 0 Å². The fourth-order valence-corrected chi connectivity index (χ4v) is 2.19. The molecule has 3 nitrogen and oxygen atoms in total. The lowest BCUT2D eigenvalue weighted by Crippen LogP contribution is -2.22. The summed E-state index contributed by atoms with van der Waals surface area (Å²) >= 11 is 0. The third kappa shape index (κ3) is 2.62. The Labute approximate surface area is 109 Å². The monoisotopic (exact) mass is 243 g/mol. The highest BCUT2D eigenvalue weighted by atomic mass is 15.1. The largest absolute Gasteiger partial charge is 0.330 e. The minimum atomic E-state index is 0.271. The topological polar surface area (TPSA) is 29.9 Å². The number of aryl methyl sites for hydroxylation is 1. The van der Waals surface area contributed by atoms with Crippen molar-refractivity contribution in [3.63, 3.8) is 0 Å². The zero-order valence-corrected chi connectivity index (χ0v) is 11.4. The van der Waals surface area contributed by atoms with Gasteiger partial charge in [0.2, 0.25) is 0 Å². The Morgan fingerprint density at radius 2 is 2.17 bits per heavy atom. The van der Waals surface area contributed by atoms with E-state index in [0.29, 0.717) is 0 Å².